The fourth-order valence-electron chi connectivity index (χ4n) is 2.11. The Kier molecular flexibility index (Phi) is 3.77. The summed E-state index contributed by atoms with van der Waals surface area (Å²) in [4.78, 5) is 13.8. The molecular weight excluding hydrogens is 182 g/mol. The molecule has 1 rings (SSSR count). The minimum atomic E-state index is -0.731. The van der Waals surface area contributed by atoms with Crippen molar-refractivity contribution in [3.05, 3.63) is 10.4 Å². The minimum absolute atomic E-state index is 0.294. The lowest BCUT2D eigenvalue weighted by Gasteiger charge is -2.32. The highest BCUT2D eigenvalue weighted by atomic mass is 16.4. The molecule has 0 aromatic heterocycles. The van der Waals surface area contributed by atoms with Crippen LogP contribution in [0.1, 0.15) is 38.5 Å². The van der Waals surface area contributed by atoms with Crippen molar-refractivity contribution in [2.45, 2.75) is 38.5 Å². The van der Waals surface area contributed by atoms with Gasteiger partial charge in [0.2, 0.25) is 0 Å². The summed E-state index contributed by atoms with van der Waals surface area (Å²) in [5.41, 5.74) is 7.51. The molecule has 0 saturated heterocycles. The zero-order valence-corrected chi connectivity index (χ0v) is 8.15. The Morgan fingerprint density at radius 3 is 2.57 bits per heavy atom. The van der Waals surface area contributed by atoms with E-state index in [1.54, 1.807) is 0 Å². The fraction of sp³-hybridized carbons (Fsp3) is 0.889. The van der Waals surface area contributed by atoms with Gasteiger partial charge in [0.1, 0.15) is 0 Å². The highest BCUT2D eigenvalue weighted by Crippen LogP contribution is 2.39. The maximum atomic E-state index is 11.1. The van der Waals surface area contributed by atoms with Crippen LogP contribution in [0.3, 0.4) is 0 Å². The van der Waals surface area contributed by atoms with E-state index in [4.69, 9.17) is 10.6 Å². The first-order valence-electron chi connectivity index (χ1n) is 4.95. The number of hydrogen-bond donors (Lipinski definition) is 1. The molecule has 0 aromatic rings. The molecule has 5 heteroatoms. The van der Waals surface area contributed by atoms with Crippen molar-refractivity contribution in [3.8, 4) is 0 Å². The van der Waals surface area contributed by atoms with Crippen LogP contribution in [0, 0.1) is 5.41 Å². The van der Waals surface area contributed by atoms with Crippen molar-refractivity contribution in [1.29, 1.82) is 0 Å². The lowest BCUT2D eigenvalue weighted by atomic mass is 9.72. The highest BCUT2D eigenvalue weighted by Gasteiger charge is 2.38. The average Bonchev–Trinajstić information content (AvgIpc) is 2.19. The number of hydrogen-bond acceptors (Lipinski definition) is 2. The van der Waals surface area contributed by atoms with Crippen LogP contribution in [0.25, 0.3) is 10.4 Å². The molecule has 1 fully saturated rings. The second kappa shape index (κ2) is 4.86. The van der Waals surface area contributed by atoms with E-state index in [9.17, 15) is 4.79 Å². The van der Waals surface area contributed by atoms with Crippen molar-refractivity contribution < 1.29 is 9.90 Å². The van der Waals surface area contributed by atoms with Crippen molar-refractivity contribution in [2.24, 2.45) is 10.5 Å². The van der Waals surface area contributed by atoms with Crippen LogP contribution in [-0.4, -0.2) is 17.6 Å². The summed E-state index contributed by atoms with van der Waals surface area (Å²) in [6.45, 7) is 0.294. The van der Waals surface area contributed by atoms with Gasteiger partial charge in [0.15, 0.2) is 0 Å². The van der Waals surface area contributed by atoms with Crippen molar-refractivity contribution >= 4 is 5.97 Å². The van der Waals surface area contributed by atoms with Crippen LogP contribution in [0.5, 0.6) is 0 Å². The minimum Gasteiger partial charge on any atom is -0.481 e. The first-order valence-corrected chi connectivity index (χ1v) is 4.95. The van der Waals surface area contributed by atoms with Gasteiger partial charge in [0.05, 0.1) is 5.41 Å². The highest BCUT2D eigenvalue weighted by molar-refractivity contribution is 5.74. The van der Waals surface area contributed by atoms with E-state index < -0.39 is 11.4 Å². The zero-order valence-electron chi connectivity index (χ0n) is 8.15. The zero-order chi connectivity index (χ0) is 10.4. The summed E-state index contributed by atoms with van der Waals surface area (Å²) < 4.78 is 0. The molecule has 0 heterocycles. The van der Waals surface area contributed by atoms with Gasteiger partial charge in [-0.2, -0.15) is 0 Å². The number of aliphatic carboxylic acids is 1. The molecule has 0 amide bonds. The summed E-state index contributed by atoms with van der Waals surface area (Å²) in [7, 11) is 0. The van der Waals surface area contributed by atoms with Crippen LogP contribution >= 0.6 is 0 Å². The van der Waals surface area contributed by atoms with Gasteiger partial charge in [0, 0.05) is 11.5 Å². The summed E-state index contributed by atoms with van der Waals surface area (Å²) in [5.74, 6) is -0.731. The molecule has 1 aliphatic rings. The molecule has 1 saturated carbocycles. The summed E-state index contributed by atoms with van der Waals surface area (Å²) in [6.07, 6.45) is 5.00. The Balaban J connectivity index is 2.60. The Morgan fingerprint density at radius 2 is 2.07 bits per heavy atom. The van der Waals surface area contributed by atoms with E-state index in [0.717, 1.165) is 32.1 Å². The maximum absolute atomic E-state index is 11.1. The largest absolute Gasteiger partial charge is 0.481 e. The number of carbonyl (C=O) groups is 1. The normalized spacial score (nSPS) is 19.7. The van der Waals surface area contributed by atoms with Crippen molar-refractivity contribution in [2.75, 3.05) is 6.54 Å². The van der Waals surface area contributed by atoms with Gasteiger partial charge in [-0.25, -0.2) is 0 Å². The predicted octanol–water partition coefficient (Wildman–Crippen LogP) is 2.72. The molecule has 0 unspecified atom stereocenters. The Bertz CT molecular complexity index is 253. The van der Waals surface area contributed by atoms with E-state index in [-0.39, 0.29) is 0 Å². The molecule has 0 aromatic carbocycles. The lowest BCUT2D eigenvalue weighted by molar-refractivity contribution is -0.151. The molecule has 5 nitrogen and oxygen atoms in total. The van der Waals surface area contributed by atoms with Gasteiger partial charge in [0.25, 0.3) is 0 Å². The molecular formula is C9H15N3O2. The Morgan fingerprint density at radius 1 is 1.43 bits per heavy atom. The number of azide groups is 1. The van der Waals surface area contributed by atoms with Crippen molar-refractivity contribution in [3.63, 3.8) is 0 Å². The maximum Gasteiger partial charge on any atom is 0.309 e. The second-order valence-corrected chi connectivity index (χ2v) is 3.85. The quantitative estimate of drug-likeness (QED) is 0.426. The molecule has 1 N–H and O–H groups in total. The van der Waals surface area contributed by atoms with Crippen LogP contribution in [0.15, 0.2) is 5.11 Å². The van der Waals surface area contributed by atoms with Crippen LogP contribution < -0.4 is 0 Å². The third-order valence-electron chi connectivity index (χ3n) is 3.02. The van der Waals surface area contributed by atoms with E-state index in [1.807, 2.05) is 0 Å². The molecule has 78 valence electrons. The molecule has 0 spiro atoms. The first kappa shape index (κ1) is 10.9. The third-order valence-corrected chi connectivity index (χ3v) is 3.02. The molecule has 0 bridgehead atoms. The second-order valence-electron chi connectivity index (χ2n) is 3.85. The lowest BCUT2D eigenvalue weighted by Crippen LogP contribution is -2.34. The van der Waals surface area contributed by atoms with Crippen LogP contribution in [0.4, 0.5) is 0 Å². The fourth-order valence-corrected chi connectivity index (χ4v) is 2.11. The van der Waals surface area contributed by atoms with Gasteiger partial charge in [-0.05, 0) is 24.8 Å². The van der Waals surface area contributed by atoms with Crippen LogP contribution in [0.2, 0.25) is 0 Å². The predicted molar refractivity (Wildman–Crippen MR) is 51.8 cm³/mol. The molecule has 0 aliphatic heterocycles. The van der Waals surface area contributed by atoms with Gasteiger partial charge in [-0.3, -0.25) is 4.79 Å². The van der Waals surface area contributed by atoms with Gasteiger partial charge in [-0.15, -0.1) is 0 Å². The van der Waals surface area contributed by atoms with Crippen LogP contribution in [-0.2, 0) is 4.79 Å². The molecule has 0 atom stereocenters. The number of rotatable bonds is 4. The Labute approximate surface area is 82.7 Å². The molecule has 1 aliphatic carbocycles. The van der Waals surface area contributed by atoms with E-state index in [2.05, 4.69) is 10.0 Å². The van der Waals surface area contributed by atoms with Gasteiger partial charge < -0.3 is 5.11 Å². The summed E-state index contributed by atoms with van der Waals surface area (Å²) in [6, 6.07) is 0. The first-order chi connectivity index (χ1) is 6.71. The van der Waals surface area contributed by atoms with E-state index in [1.165, 1.54) is 0 Å². The summed E-state index contributed by atoms with van der Waals surface area (Å²) in [5, 5.41) is 12.6. The average molecular weight is 197 g/mol. The van der Waals surface area contributed by atoms with Gasteiger partial charge in [-0.1, -0.05) is 24.4 Å². The SMILES string of the molecule is [N-]=[N+]=NCCC1(C(=O)O)CCCCC1. The standard InChI is InChI=1S/C9H15N3O2/c10-12-11-7-6-9(8(13)14)4-2-1-3-5-9/h1-7H2,(H,13,14). The topological polar surface area (TPSA) is 86.1 Å². The third kappa shape index (κ3) is 2.39. The van der Waals surface area contributed by atoms with Gasteiger partial charge >= 0.3 is 5.97 Å². The Hall–Kier alpha value is -1.22. The number of carboxylic acids is 1. The van der Waals surface area contributed by atoms with E-state index >= 15 is 0 Å². The number of nitrogens with zero attached hydrogens (tertiary/aromatic N) is 3. The smallest absolute Gasteiger partial charge is 0.309 e. The molecule has 0 radical (unpaired) electrons. The van der Waals surface area contributed by atoms with E-state index in [0.29, 0.717) is 13.0 Å². The monoisotopic (exact) mass is 197 g/mol. The van der Waals surface area contributed by atoms with Crippen molar-refractivity contribution in [1.82, 2.24) is 0 Å². The number of carboxylic acid groups (broad SMARTS) is 1. The molecule has 14 heavy (non-hydrogen) atoms. The summed E-state index contributed by atoms with van der Waals surface area (Å²) >= 11 is 0.